The number of benzene rings is 2. The van der Waals surface area contributed by atoms with Crippen molar-refractivity contribution in [1.29, 1.82) is 0 Å². The summed E-state index contributed by atoms with van der Waals surface area (Å²) in [4.78, 5) is 12.2. The molecule has 0 unspecified atom stereocenters. The number of nitrogens with one attached hydrogen (secondary N) is 1. The molecule has 0 fully saturated rings. The van der Waals surface area contributed by atoms with E-state index >= 15 is 0 Å². The Labute approximate surface area is 154 Å². The van der Waals surface area contributed by atoms with E-state index in [1.165, 1.54) is 6.08 Å². The van der Waals surface area contributed by atoms with E-state index in [9.17, 15) is 4.79 Å². The van der Waals surface area contributed by atoms with Gasteiger partial charge in [0.1, 0.15) is 17.2 Å². The standard InChI is InChI=1S/C21H25NO4/c1-5-10-26-17-7-8-20(15(2)11-17)22-21(23)9-6-16-12-18(24-3)14-19(13-16)25-4/h6-9,11-14H,5,10H2,1-4H3,(H,22,23)/b9-6+. The van der Waals surface area contributed by atoms with Crippen molar-refractivity contribution < 1.29 is 19.0 Å². The van der Waals surface area contributed by atoms with Crippen LogP contribution in [-0.4, -0.2) is 26.7 Å². The number of rotatable bonds is 8. The molecule has 138 valence electrons. The molecule has 0 atom stereocenters. The molecule has 1 amide bonds. The number of hydrogen-bond donors (Lipinski definition) is 1. The molecule has 0 aliphatic carbocycles. The van der Waals surface area contributed by atoms with Crippen LogP contribution in [0.1, 0.15) is 24.5 Å². The molecule has 2 aromatic rings. The molecule has 0 aliphatic heterocycles. The van der Waals surface area contributed by atoms with Crippen molar-refractivity contribution in [2.24, 2.45) is 0 Å². The van der Waals surface area contributed by atoms with Gasteiger partial charge in [-0.15, -0.1) is 0 Å². The van der Waals surface area contributed by atoms with E-state index in [0.29, 0.717) is 18.1 Å². The minimum Gasteiger partial charge on any atom is -0.497 e. The van der Waals surface area contributed by atoms with Crippen LogP contribution < -0.4 is 19.5 Å². The number of carbonyl (C=O) groups excluding carboxylic acids is 1. The van der Waals surface area contributed by atoms with Gasteiger partial charge in [-0.2, -0.15) is 0 Å². The predicted octanol–water partition coefficient (Wildman–Crippen LogP) is 4.45. The largest absolute Gasteiger partial charge is 0.497 e. The summed E-state index contributed by atoms with van der Waals surface area (Å²) < 4.78 is 16.1. The molecular formula is C21H25NO4. The average Bonchev–Trinajstić information content (AvgIpc) is 2.66. The Morgan fingerprint density at radius 1 is 1.04 bits per heavy atom. The first kappa shape index (κ1) is 19.4. The highest BCUT2D eigenvalue weighted by Gasteiger charge is 2.05. The average molecular weight is 355 g/mol. The van der Waals surface area contributed by atoms with Gasteiger partial charge in [0.2, 0.25) is 5.91 Å². The summed E-state index contributed by atoms with van der Waals surface area (Å²) in [5.74, 6) is 1.93. The number of carbonyl (C=O) groups is 1. The Morgan fingerprint density at radius 2 is 1.73 bits per heavy atom. The molecule has 0 aromatic heterocycles. The lowest BCUT2D eigenvalue weighted by atomic mass is 10.1. The first-order valence-corrected chi connectivity index (χ1v) is 8.51. The van der Waals surface area contributed by atoms with Gasteiger partial charge in [-0.25, -0.2) is 0 Å². The molecule has 0 saturated heterocycles. The van der Waals surface area contributed by atoms with Gasteiger partial charge < -0.3 is 19.5 Å². The maximum Gasteiger partial charge on any atom is 0.248 e. The second kappa shape index (κ2) is 9.51. The van der Waals surface area contributed by atoms with Crippen LogP contribution in [0, 0.1) is 6.92 Å². The van der Waals surface area contributed by atoms with E-state index in [0.717, 1.165) is 29.0 Å². The molecule has 0 bridgehead atoms. The van der Waals surface area contributed by atoms with Gasteiger partial charge in [0.15, 0.2) is 0 Å². The van der Waals surface area contributed by atoms with Crippen LogP contribution in [0.2, 0.25) is 0 Å². The molecule has 0 spiro atoms. The van der Waals surface area contributed by atoms with Crippen LogP contribution >= 0.6 is 0 Å². The molecule has 0 heterocycles. The Morgan fingerprint density at radius 3 is 2.31 bits per heavy atom. The summed E-state index contributed by atoms with van der Waals surface area (Å²) in [6.45, 7) is 4.68. The maximum absolute atomic E-state index is 12.2. The van der Waals surface area contributed by atoms with Gasteiger partial charge in [-0.05, 0) is 60.9 Å². The molecular weight excluding hydrogens is 330 g/mol. The van der Waals surface area contributed by atoms with Crippen molar-refractivity contribution in [3.05, 3.63) is 53.6 Å². The number of anilines is 1. The van der Waals surface area contributed by atoms with Gasteiger partial charge in [-0.3, -0.25) is 4.79 Å². The molecule has 5 nitrogen and oxygen atoms in total. The van der Waals surface area contributed by atoms with Crippen LogP contribution in [0.4, 0.5) is 5.69 Å². The van der Waals surface area contributed by atoms with E-state index in [4.69, 9.17) is 14.2 Å². The van der Waals surface area contributed by atoms with Gasteiger partial charge in [0.25, 0.3) is 0 Å². The van der Waals surface area contributed by atoms with E-state index < -0.39 is 0 Å². The first-order valence-electron chi connectivity index (χ1n) is 8.51. The summed E-state index contributed by atoms with van der Waals surface area (Å²) in [6.07, 6.45) is 4.15. The summed E-state index contributed by atoms with van der Waals surface area (Å²) in [5, 5.41) is 2.88. The second-order valence-corrected chi connectivity index (χ2v) is 5.79. The molecule has 1 N–H and O–H groups in total. The fourth-order valence-electron chi connectivity index (χ4n) is 2.36. The zero-order chi connectivity index (χ0) is 18.9. The lowest BCUT2D eigenvalue weighted by molar-refractivity contribution is -0.111. The summed E-state index contributed by atoms with van der Waals surface area (Å²) >= 11 is 0. The third-order valence-corrected chi connectivity index (χ3v) is 3.73. The van der Waals surface area contributed by atoms with Crippen molar-refractivity contribution in [2.75, 3.05) is 26.1 Å². The second-order valence-electron chi connectivity index (χ2n) is 5.79. The monoisotopic (exact) mass is 355 g/mol. The van der Waals surface area contributed by atoms with Crippen molar-refractivity contribution in [3.8, 4) is 17.2 Å². The molecule has 2 rings (SSSR count). The van der Waals surface area contributed by atoms with Crippen molar-refractivity contribution in [1.82, 2.24) is 0 Å². The highest BCUT2D eigenvalue weighted by molar-refractivity contribution is 6.02. The summed E-state index contributed by atoms with van der Waals surface area (Å²) in [6, 6.07) is 11.1. The normalized spacial score (nSPS) is 10.6. The van der Waals surface area contributed by atoms with E-state index in [-0.39, 0.29) is 5.91 Å². The van der Waals surface area contributed by atoms with Crippen molar-refractivity contribution >= 4 is 17.7 Å². The first-order chi connectivity index (χ1) is 12.5. The SMILES string of the molecule is CCCOc1ccc(NC(=O)/C=C/c2cc(OC)cc(OC)c2)c(C)c1. The van der Waals surface area contributed by atoms with Crippen LogP contribution in [0.25, 0.3) is 6.08 Å². The number of ether oxygens (including phenoxy) is 3. The Kier molecular flexibility index (Phi) is 7.09. The fraction of sp³-hybridized carbons (Fsp3) is 0.286. The smallest absolute Gasteiger partial charge is 0.248 e. The Hall–Kier alpha value is -2.95. The molecule has 0 aliphatic rings. The zero-order valence-corrected chi connectivity index (χ0v) is 15.7. The van der Waals surface area contributed by atoms with E-state index in [2.05, 4.69) is 12.2 Å². The van der Waals surface area contributed by atoms with Crippen LogP contribution in [0.3, 0.4) is 0 Å². The molecule has 0 radical (unpaired) electrons. The van der Waals surface area contributed by atoms with Crippen molar-refractivity contribution in [3.63, 3.8) is 0 Å². The number of methoxy groups -OCH3 is 2. The Bertz CT molecular complexity index is 761. The lowest BCUT2D eigenvalue weighted by Gasteiger charge is -2.10. The van der Waals surface area contributed by atoms with Gasteiger partial charge in [0.05, 0.1) is 20.8 Å². The summed E-state index contributed by atoms with van der Waals surface area (Å²) in [5.41, 5.74) is 2.52. The minimum atomic E-state index is -0.211. The Balaban J connectivity index is 2.05. The van der Waals surface area contributed by atoms with Gasteiger partial charge >= 0.3 is 0 Å². The van der Waals surface area contributed by atoms with Crippen LogP contribution in [0.15, 0.2) is 42.5 Å². The molecule has 26 heavy (non-hydrogen) atoms. The van der Waals surface area contributed by atoms with Crippen molar-refractivity contribution in [2.45, 2.75) is 20.3 Å². The quantitative estimate of drug-likeness (QED) is 0.711. The predicted molar refractivity (Wildman–Crippen MR) is 104 cm³/mol. The van der Waals surface area contributed by atoms with Crippen LogP contribution in [0.5, 0.6) is 17.2 Å². The molecule has 5 heteroatoms. The maximum atomic E-state index is 12.2. The van der Waals surface area contributed by atoms with E-state index in [1.807, 2.05) is 37.3 Å². The highest BCUT2D eigenvalue weighted by Crippen LogP contribution is 2.24. The fourth-order valence-corrected chi connectivity index (χ4v) is 2.36. The van der Waals surface area contributed by atoms with Gasteiger partial charge in [-0.1, -0.05) is 6.92 Å². The highest BCUT2D eigenvalue weighted by atomic mass is 16.5. The summed E-state index contributed by atoms with van der Waals surface area (Å²) in [7, 11) is 3.18. The van der Waals surface area contributed by atoms with Crippen LogP contribution in [-0.2, 0) is 4.79 Å². The third-order valence-electron chi connectivity index (χ3n) is 3.73. The molecule has 0 saturated carbocycles. The molecule has 2 aromatic carbocycles. The number of amides is 1. The zero-order valence-electron chi connectivity index (χ0n) is 15.7. The minimum absolute atomic E-state index is 0.211. The third kappa shape index (κ3) is 5.55. The van der Waals surface area contributed by atoms with Gasteiger partial charge in [0, 0.05) is 17.8 Å². The lowest BCUT2D eigenvalue weighted by Crippen LogP contribution is -2.09. The topological polar surface area (TPSA) is 56.8 Å². The van der Waals surface area contributed by atoms with E-state index in [1.54, 1.807) is 26.4 Å². The number of hydrogen-bond acceptors (Lipinski definition) is 4. The number of aryl methyl sites for hydroxylation is 1.